The molecule has 7 heteroatoms. The Balaban J connectivity index is 1.55. The summed E-state index contributed by atoms with van der Waals surface area (Å²) < 4.78 is 1.73. The van der Waals surface area contributed by atoms with E-state index < -0.39 is 0 Å². The van der Waals surface area contributed by atoms with E-state index in [1.807, 2.05) is 66.0 Å². The van der Waals surface area contributed by atoms with Crippen molar-refractivity contribution in [2.45, 2.75) is 0 Å². The summed E-state index contributed by atoms with van der Waals surface area (Å²) in [4.78, 5) is 17.1. The van der Waals surface area contributed by atoms with Crippen molar-refractivity contribution in [3.05, 3.63) is 66.0 Å². The number of aromatic nitrogens is 3. The molecule has 0 unspecified atom stereocenters. The molecule has 0 spiro atoms. The van der Waals surface area contributed by atoms with Gasteiger partial charge in [-0.15, -0.1) is 16.4 Å². The molecule has 2 amide bonds. The zero-order valence-electron chi connectivity index (χ0n) is 12.5. The number of carbonyl (C=O) groups excluding carboxylic acids is 1. The van der Waals surface area contributed by atoms with Crippen molar-refractivity contribution >= 4 is 34.0 Å². The number of fused-ring (bicyclic) bond motifs is 1. The molecule has 0 aliphatic rings. The molecule has 0 saturated carbocycles. The van der Waals surface area contributed by atoms with Crippen molar-refractivity contribution in [2.24, 2.45) is 0 Å². The fourth-order valence-electron chi connectivity index (χ4n) is 2.33. The highest BCUT2D eigenvalue weighted by atomic mass is 32.1. The summed E-state index contributed by atoms with van der Waals surface area (Å²) in [7, 11) is 0. The minimum Gasteiger partial charge on any atom is -0.308 e. The third kappa shape index (κ3) is 2.84. The van der Waals surface area contributed by atoms with Crippen LogP contribution in [0.2, 0.25) is 0 Å². The van der Waals surface area contributed by atoms with Crippen LogP contribution in [-0.2, 0) is 0 Å². The zero-order valence-corrected chi connectivity index (χ0v) is 13.3. The van der Waals surface area contributed by atoms with Gasteiger partial charge in [-0.25, -0.2) is 9.31 Å². The van der Waals surface area contributed by atoms with Crippen molar-refractivity contribution < 1.29 is 4.79 Å². The Labute approximate surface area is 141 Å². The van der Waals surface area contributed by atoms with E-state index in [4.69, 9.17) is 0 Å². The highest BCUT2D eigenvalue weighted by Crippen LogP contribution is 2.25. The van der Waals surface area contributed by atoms with Gasteiger partial charge in [-0.2, -0.15) is 4.98 Å². The van der Waals surface area contributed by atoms with Crippen molar-refractivity contribution in [2.75, 3.05) is 10.6 Å². The number of hydrogen-bond donors (Lipinski definition) is 2. The fraction of sp³-hybridized carbons (Fsp3) is 0. The van der Waals surface area contributed by atoms with Crippen LogP contribution in [0.25, 0.3) is 16.2 Å². The van der Waals surface area contributed by atoms with E-state index in [1.165, 1.54) is 11.3 Å². The van der Waals surface area contributed by atoms with Crippen LogP contribution >= 0.6 is 11.3 Å². The SMILES string of the molecule is O=C(Nc1ccccc1)Nc1nc2scc(-c3ccccc3)n2n1. The van der Waals surface area contributed by atoms with E-state index in [-0.39, 0.29) is 12.0 Å². The number of nitrogens with one attached hydrogen (secondary N) is 2. The van der Waals surface area contributed by atoms with Gasteiger partial charge in [-0.3, -0.25) is 5.32 Å². The van der Waals surface area contributed by atoms with Crippen molar-refractivity contribution in [1.29, 1.82) is 0 Å². The lowest BCUT2D eigenvalue weighted by molar-refractivity contribution is 0.262. The van der Waals surface area contributed by atoms with Gasteiger partial charge >= 0.3 is 6.03 Å². The van der Waals surface area contributed by atoms with Gasteiger partial charge in [0.05, 0.1) is 5.69 Å². The van der Waals surface area contributed by atoms with Crippen LogP contribution in [0.1, 0.15) is 0 Å². The number of thiazole rings is 1. The van der Waals surface area contributed by atoms with E-state index in [0.717, 1.165) is 16.2 Å². The summed E-state index contributed by atoms with van der Waals surface area (Å²) in [5, 5.41) is 11.8. The first kappa shape index (κ1) is 14.4. The molecule has 4 rings (SSSR count). The number of carbonyl (C=O) groups is 1. The maximum Gasteiger partial charge on any atom is 0.326 e. The predicted octanol–water partition coefficient (Wildman–Crippen LogP) is 4.10. The molecule has 0 aliphatic heterocycles. The number of para-hydroxylation sites is 1. The second-order valence-electron chi connectivity index (χ2n) is 5.06. The number of rotatable bonds is 3. The van der Waals surface area contributed by atoms with E-state index in [0.29, 0.717) is 5.69 Å². The number of nitrogens with zero attached hydrogens (tertiary/aromatic N) is 3. The molecule has 2 N–H and O–H groups in total. The Bertz CT molecular complexity index is 978. The standard InChI is InChI=1S/C17H13N5OS/c23-16(18-13-9-5-2-6-10-13)19-15-20-17-22(21-15)14(11-24-17)12-7-3-1-4-8-12/h1-11H,(H2,18,19,21,23). The van der Waals surface area contributed by atoms with Gasteiger partial charge in [0, 0.05) is 16.6 Å². The number of urea groups is 1. The van der Waals surface area contributed by atoms with Crippen LogP contribution in [0.4, 0.5) is 16.4 Å². The molecule has 118 valence electrons. The van der Waals surface area contributed by atoms with Gasteiger partial charge < -0.3 is 5.32 Å². The highest BCUT2D eigenvalue weighted by Gasteiger charge is 2.13. The van der Waals surface area contributed by atoms with Crippen LogP contribution < -0.4 is 10.6 Å². The summed E-state index contributed by atoms with van der Waals surface area (Å²) in [6.07, 6.45) is 0. The summed E-state index contributed by atoms with van der Waals surface area (Å²) >= 11 is 1.48. The Morgan fingerprint density at radius 3 is 2.42 bits per heavy atom. The quantitative estimate of drug-likeness (QED) is 0.592. The van der Waals surface area contributed by atoms with Crippen molar-refractivity contribution in [1.82, 2.24) is 14.6 Å². The number of anilines is 2. The zero-order chi connectivity index (χ0) is 16.4. The molecule has 4 aromatic rings. The first-order chi connectivity index (χ1) is 11.8. The molecule has 2 aromatic carbocycles. The van der Waals surface area contributed by atoms with Crippen molar-refractivity contribution in [3.63, 3.8) is 0 Å². The van der Waals surface area contributed by atoms with Gasteiger partial charge in [-0.05, 0) is 12.1 Å². The van der Waals surface area contributed by atoms with Gasteiger partial charge in [0.25, 0.3) is 5.95 Å². The highest BCUT2D eigenvalue weighted by molar-refractivity contribution is 7.15. The topological polar surface area (TPSA) is 71.3 Å². The minimum absolute atomic E-state index is 0.271. The van der Waals surface area contributed by atoms with Crippen LogP contribution in [-0.4, -0.2) is 20.6 Å². The van der Waals surface area contributed by atoms with Gasteiger partial charge in [0.15, 0.2) is 0 Å². The fourth-order valence-corrected chi connectivity index (χ4v) is 3.16. The maximum absolute atomic E-state index is 12.0. The van der Waals surface area contributed by atoms with Crippen LogP contribution in [0.3, 0.4) is 0 Å². The lowest BCUT2D eigenvalue weighted by Crippen LogP contribution is -2.20. The summed E-state index contributed by atoms with van der Waals surface area (Å²) in [6, 6.07) is 18.8. The van der Waals surface area contributed by atoms with Crippen LogP contribution in [0.15, 0.2) is 66.0 Å². The smallest absolute Gasteiger partial charge is 0.308 e. The average Bonchev–Trinajstić information content (AvgIpc) is 3.16. The third-order valence-corrected chi connectivity index (χ3v) is 4.22. The molecule has 0 atom stereocenters. The van der Waals surface area contributed by atoms with E-state index in [1.54, 1.807) is 4.52 Å². The van der Waals surface area contributed by atoms with Gasteiger partial charge in [0.2, 0.25) is 4.96 Å². The normalized spacial score (nSPS) is 10.7. The lowest BCUT2D eigenvalue weighted by Gasteiger charge is -2.04. The van der Waals surface area contributed by atoms with Gasteiger partial charge in [-0.1, -0.05) is 48.5 Å². The minimum atomic E-state index is -0.374. The Hall–Kier alpha value is -3.19. The van der Waals surface area contributed by atoms with Crippen molar-refractivity contribution in [3.8, 4) is 11.3 Å². The monoisotopic (exact) mass is 335 g/mol. The van der Waals surface area contributed by atoms with Gasteiger partial charge in [0.1, 0.15) is 0 Å². The van der Waals surface area contributed by atoms with E-state index in [2.05, 4.69) is 20.7 Å². The Kier molecular flexibility index (Phi) is 3.68. The molecule has 6 nitrogen and oxygen atoms in total. The molecule has 2 aromatic heterocycles. The summed E-state index contributed by atoms with van der Waals surface area (Å²) in [5.41, 5.74) is 2.70. The lowest BCUT2D eigenvalue weighted by atomic mass is 10.2. The molecule has 2 heterocycles. The van der Waals surface area contributed by atoms with Crippen LogP contribution in [0.5, 0.6) is 0 Å². The maximum atomic E-state index is 12.0. The molecular weight excluding hydrogens is 322 g/mol. The molecule has 24 heavy (non-hydrogen) atoms. The second-order valence-corrected chi connectivity index (χ2v) is 5.90. The summed E-state index contributed by atoms with van der Waals surface area (Å²) in [5.74, 6) is 0.271. The summed E-state index contributed by atoms with van der Waals surface area (Å²) in [6.45, 7) is 0. The predicted molar refractivity (Wildman–Crippen MR) is 95.4 cm³/mol. The van der Waals surface area contributed by atoms with E-state index >= 15 is 0 Å². The molecule has 0 saturated heterocycles. The second kappa shape index (κ2) is 6.13. The largest absolute Gasteiger partial charge is 0.326 e. The number of hydrogen-bond acceptors (Lipinski definition) is 4. The Morgan fingerprint density at radius 1 is 0.958 bits per heavy atom. The first-order valence-corrected chi connectivity index (χ1v) is 8.20. The molecule has 0 radical (unpaired) electrons. The molecule has 0 fully saturated rings. The van der Waals surface area contributed by atoms with Crippen LogP contribution in [0, 0.1) is 0 Å². The Morgan fingerprint density at radius 2 is 1.67 bits per heavy atom. The first-order valence-electron chi connectivity index (χ1n) is 7.32. The van der Waals surface area contributed by atoms with E-state index in [9.17, 15) is 4.79 Å². The molecule has 0 bridgehead atoms. The number of benzene rings is 2. The third-order valence-electron chi connectivity index (χ3n) is 3.41. The number of amides is 2. The molecular formula is C17H13N5OS. The molecule has 0 aliphatic carbocycles. The average molecular weight is 335 g/mol.